The normalized spacial score (nSPS) is 9.92. The summed E-state index contributed by atoms with van der Waals surface area (Å²) in [6.45, 7) is 6.00. The highest BCUT2D eigenvalue weighted by atomic mass is 16.5. The van der Waals surface area contributed by atoms with Crippen molar-refractivity contribution in [3.63, 3.8) is 0 Å². The number of pyridine rings is 1. The van der Waals surface area contributed by atoms with Crippen LogP contribution in [0.3, 0.4) is 0 Å². The van der Waals surface area contributed by atoms with Gasteiger partial charge in [-0.05, 0) is 20.8 Å². The number of aryl methyl sites for hydroxylation is 1. The van der Waals surface area contributed by atoms with E-state index in [1.54, 1.807) is 20.0 Å². The van der Waals surface area contributed by atoms with Gasteiger partial charge in [-0.25, -0.2) is 0 Å². The molecule has 0 saturated heterocycles. The molecule has 0 amide bonds. The molecular formula is C9H13NO2. The third kappa shape index (κ3) is 1.49. The van der Waals surface area contributed by atoms with Crippen LogP contribution in [0.2, 0.25) is 0 Å². The Balaban J connectivity index is 3.18. The Bertz CT molecular complexity index is 328. The van der Waals surface area contributed by atoms with Gasteiger partial charge in [0.25, 0.3) is 0 Å². The lowest BCUT2D eigenvalue weighted by Crippen LogP contribution is -2.12. The van der Waals surface area contributed by atoms with Gasteiger partial charge in [0.1, 0.15) is 0 Å². The first kappa shape index (κ1) is 8.84. The van der Waals surface area contributed by atoms with Crippen LogP contribution in [0.15, 0.2) is 11.0 Å². The smallest absolute Gasteiger partial charge is 0.197 e. The van der Waals surface area contributed by atoms with E-state index in [0.29, 0.717) is 18.1 Å². The van der Waals surface area contributed by atoms with Crippen molar-refractivity contribution < 1.29 is 4.74 Å². The molecule has 0 aliphatic rings. The summed E-state index contributed by atoms with van der Waals surface area (Å²) >= 11 is 0. The number of aromatic nitrogens is 1. The molecule has 0 aliphatic carbocycles. The zero-order valence-electron chi connectivity index (χ0n) is 7.60. The summed E-state index contributed by atoms with van der Waals surface area (Å²) in [6, 6.07) is 0. The van der Waals surface area contributed by atoms with Gasteiger partial charge in [0.2, 0.25) is 0 Å². The second kappa shape index (κ2) is 3.43. The molecule has 0 aliphatic heterocycles. The molecule has 3 nitrogen and oxygen atoms in total. The molecule has 1 rings (SSSR count). The quantitative estimate of drug-likeness (QED) is 0.723. The fraction of sp³-hybridized carbons (Fsp3) is 0.444. The van der Waals surface area contributed by atoms with E-state index in [1.165, 1.54) is 0 Å². The molecule has 12 heavy (non-hydrogen) atoms. The minimum absolute atomic E-state index is 0.0530. The molecule has 3 heteroatoms. The number of aromatic amines is 1. The van der Waals surface area contributed by atoms with Gasteiger partial charge in [-0.2, -0.15) is 0 Å². The van der Waals surface area contributed by atoms with E-state index in [1.807, 2.05) is 6.92 Å². The molecule has 0 radical (unpaired) electrons. The van der Waals surface area contributed by atoms with E-state index in [0.717, 1.165) is 5.56 Å². The standard InChI is InChI=1S/C9H13NO2/c1-4-12-9-7(3)8(11)6(2)5-10-9/h5H,4H2,1-3H3,(H,10,11). The number of H-pyrrole nitrogens is 1. The first-order valence-electron chi connectivity index (χ1n) is 3.98. The van der Waals surface area contributed by atoms with Gasteiger partial charge in [-0.1, -0.05) is 0 Å². The molecule has 0 fully saturated rings. The molecule has 1 N–H and O–H groups in total. The highest BCUT2D eigenvalue weighted by Crippen LogP contribution is 2.09. The van der Waals surface area contributed by atoms with Gasteiger partial charge in [0.15, 0.2) is 11.3 Å². The van der Waals surface area contributed by atoms with Crippen LogP contribution in [0.5, 0.6) is 5.88 Å². The second-order valence-corrected chi connectivity index (χ2v) is 2.69. The summed E-state index contributed by atoms with van der Waals surface area (Å²) in [6.07, 6.45) is 1.67. The van der Waals surface area contributed by atoms with Crippen molar-refractivity contribution in [2.75, 3.05) is 6.61 Å². The first-order valence-corrected chi connectivity index (χ1v) is 3.98. The predicted octanol–water partition coefficient (Wildman–Crippen LogP) is 1.39. The molecule has 0 unspecified atom stereocenters. The molecule has 0 atom stereocenters. The minimum atomic E-state index is 0.0530. The summed E-state index contributed by atoms with van der Waals surface area (Å²) in [4.78, 5) is 14.3. The molecule has 0 bridgehead atoms. The lowest BCUT2D eigenvalue weighted by Gasteiger charge is -2.05. The average Bonchev–Trinajstić information content (AvgIpc) is 2.07. The Hall–Kier alpha value is -1.25. The Labute approximate surface area is 71.4 Å². The number of rotatable bonds is 2. The first-order chi connectivity index (χ1) is 5.66. The van der Waals surface area contributed by atoms with Crippen LogP contribution in [-0.2, 0) is 0 Å². The Morgan fingerprint density at radius 3 is 2.75 bits per heavy atom. The highest BCUT2D eigenvalue weighted by Gasteiger charge is 2.04. The predicted molar refractivity (Wildman–Crippen MR) is 47.7 cm³/mol. The molecule has 66 valence electrons. The molecule has 1 heterocycles. The summed E-state index contributed by atoms with van der Waals surface area (Å²) in [7, 11) is 0. The van der Waals surface area contributed by atoms with Crippen molar-refractivity contribution in [1.82, 2.24) is 4.98 Å². The topological polar surface area (TPSA) is 42.1 Å². The highest BCUT2D eigenvalue weighted by molar-refractivity contribution is 5.27. The van der Waals surface area contributed by atoms with Crippen molar-refractivity contribution >= 4 is 0 Å². The van der Waals surface area contributed by atoms with Crippen LogP contribution in [0.1, 0.15) is 18.1 Å². The van der Waals surface area contributed by atoms with Crippen molar-refractivity contribution in [2.24, 2.45) is 0 Å². The molecule has 0 saturated carbocycles. The van der Waals surface area contributed by atoms with Crippen LogP contribution in [0.4, 0.5) is 0 Å². The van der Waals surface area contributed by atoms with Gasteiger partial charge in [-0.3, -0.25) is 4.79 Å². The third-order valence-electron chi connectivity index (χ3n) is 1.75. The zero-order chi connectivity index (χ0) is 9.14. The Morgan fingerprint density at radius 1 is 1.50 bits per heavy atom. The Kier molecular flexibility index (Phi) is 2.53. The second-order valence-electron chi connectivity index (χ2n) is 2.69. The van der Waals surface area contributed by atoms with Gasteiger partial charge in [-0.15, -0.1) is 0 Å². The summed E-state index contributed by atoms with van der Waals surface area (Å²) < 4.78 is 5.22. The lowest BCUT2D eigenvalue weighted by atomic mass is 10.2. The van der Waals surface area contributed by atoms with Crippen LogP contribution >= 0.6 is 0 Å². The van der Waals surface area contributed by atoms with E-state index < -0.39 is 0 Å². The number of nitrogens with one attached hydrogen (secondary N) is 1. The Morgan fingerprint density at radius 2 is 2.17 bits per heavy atom. The number of hydrogen-bond acceptors (Lipinski definition) is 2. The van der Waals surface area contributed by atoms with Crippen molar-refractivity contribution in [2.45, 2.75) is 20.8 Å². The molecule has 1 aromatic heterocycles. The van der Waals surface area contributed by atoms with Gasteiger partial charge >= 0.3 is 0 Å². The van der Waals surface area contributed by atoms with Crippen molar-refractivity contribution in [1.29, 1.82) is 0 Å². The van der Waals surface area contributed by atoms with Crippen LogP contribution in [0.25, 0.3) is 0 Å². The molecular weight excluding hydrogens is 154 g/mol. The maximum atomic E-state index is 11.4. The van der Waals surface area contributed by atoms with Crippen LogP contribution < -0.4 is 10.2 Å². The summed E-state index contributed by atoms with van der Waals surface area (Å²) in [5.74, 6) is 0.577. The lowest BCUT2D eigenvalue weighted by molar-refractivity contribution is 0.323. The van der Waals surface area contributed by atoms with E-state index in [4.69, 9.17) is 4.74 Å². The zero-order valence-corrected chi connectivity index (χ0v) is 7.60. The van der Waals surface area contributed by atoms with Crippen LogP contribution in [0, 0.1) is 13.8 Å². The number of hydrogen-bond donors (Lipinski definition) is 1. The van der Waals surface area contributed by atoms with Gasteiger partial charge in [0.05, 0.1) is 12.2 Å². The molecule has 0 spiro atoms. The fourth-order valence-electron chi connectivity index (χ4n) is 1.04. The van der Waals surface area contributed by atoms with E-state index >= 15 is 0 Å². The summed E-state index contributed by atoms with van der Waals surface area (Å²) in [5, 5.41) is 0. The SMILES string of the molecule is CCOc1[nH]cc(C)c(=O)c1C. The maximum Gasteiger partial charge on any atom is 0.197 e. The van der Waals surface area contributed by atoms with Crippen molar-refractivity contribution in [3.05, 3.63) is 27.5 Å². The maximum absolute atomic E-state index is 11.4. The number of ether oxygens (including phenoxy) is 1. The third-order valence-corrected chi connectivity index (χ3v) is 1.75. The largest absolute Gasteiger partial charge is 0.479 e. The van der Waals surface area contributed by atoms with Gasteiger partial charge < -0.3 is 9.72 Å². The minimum Gasteiger partial charge on any atom is -0.479 e. The van der Waals surface area contributed by atoms with Crippen molar-refractivity contribution in [3.8, 4) is 5.88 Å². The molecule has 1 aromatic rings. The van der Waals surface area contributed by atoms with E-state index in [-0.39, 0.29) is 5.43 Å². The average molecular weight is 167 g/mol. The van der Waals surface area contributed by atoms with Gasteiger partial charge in [0, 0.05) is 11.8 Å². The van der Waals surface area contributed by atoms with E-state index in [2.05, 4.69) is 4.98 Å². The monoisotopic (exact) mass is 167 g/mol. The molecule has 0 aromatic carbocycles. The van der Waals surface area contributed by atoms with E-state index in [9.17, 15) is 4.79 Å². The van der Waals surface area contributed by atoms with Crippen LogP contribution in [-0.4, -0.2) is 11.6 Å². The fourth-order valence-corrected chi connectivity index (χ4v) is 1.04. The summed E-state index contributed by atoms with van der Waals surface area (Å²) in [5.41, 5.74) is 1.42.